The summed E-state index contributed by atoms with van der Waals surface area (Å²) >= 11 is 7.14. The van der Waals surface area contributed by atoms with Crippen molar-refractivity contribution in [1.29, 1.82) is 0 Å². The van der Waals surface area contributed by atoms with Gasteiger partial charge in [0.05, 0.1) is 24.8 Å². The van der Waals surface area contributed by atoms with Crippen molar-refractivity contribution in [3.63, 3.8) is 0 Å². The Labute approximate surface area is 253 Å². The minimum atomic E-state index is -0.342. The molecule has 3 aromatic rings. The summed E-state index contributed by atoms with van der Waals surface area (Å²) in [5.41, 5.74) is 2.80. The number of likely N-dealkylation sites (N-methyl/N-ethyl adjacent to an activating group) is 1. The number of amidine groups is 1. The van der Waals surface area contributed by atoms with E-state index in [-0.39, 0.29) is 24.2 Å². The molecule has 0 aliphatic carbocycles. The Morgan fingerprint density at radius 3 is 2.08 bits per heavy atom. The maximum atomic E-state index is 14.5. The summed E-state index contributed by atoms with van der Waals surface area (Å²) in [6, 6.07) is 21.4. The highest BCUT2D eigenvalue weighted by molar-refractivity contribution is 9.10. The Balaban J connectivity index is 1.69. The van der Waals surface area contributed by atoms with E-state index in [0.29, 0.717) is 30.4 Å². The Bertz CT molecular complexity index is 1370. The molecule has 7 nitrogen and oxygen atoms in total. The second-order valence-electron chi connectivity index (χ2n) is 10.4. The number of halogens is 2. The molecule has 9 heteroatoms. The van der Waals surface area contributed by atoms with Crippen LogP contribution in [0.5, 0.6) is 11.5 Å². The zero-order chi connectivity index (χ0) is 28.4. The van der Waals surface area contributed by atoms with Crippen LogP contribution >= 0.6 is 31.9 Å². The summed E-state index contributed by atoms with van der Waals surface area (Å²) in [5, 5.41) is 0. The molecule has 0 radical (unpaired) electrons. The zero-order valence-corrected chi connectivity index (χ0v) is 26.4. The number of benzene rings is 3. The van der Waals surface area contributed by atoms with Crippen molar-refractivity contribution in [3.05, 3.63) is 92.4 Å². The van der Waals surface area contributed by atoms with Crippen LogP contribution in [0.25, 0.3) is 0 Å². The van der Waals surface area contributed by atoms with Crippen LogP contribution in [0.4, 0.5) is 4.79 Å². The van der Waals surface area contributed by atoms with E-state index in [1.165, 1.54) is 0 Å². The molecule has 1 fully saturated rings. The number of rotatable bonds is 6. The molecule has 0 aromatic heterocycles. The number of carbonyl (C=O) groups excluding carboxylic acids is 1. The highest BCUT2D eigenvalue weighted by Gasteiger charge is 2.44. The lowest BCUT2D eigenvalue weighted by Gasteiger charge is -2.38. The normalized spacial score (nSPS) is 19.6. The molecule has 0 spiro atoms. The summed E-state index contributed by atoms with van der Waals surface area (Å²) in [6.07, 6.45) is -0.0702. The molecule has 2 aliphatic heterocycles. The summed E-state index contributed by atoms with van der Waals surface area (Å²) < 4.78 is 13.8. The van der Waals surface area contributed by atoms with Gasteiger partial charge in [-0.3, -0.25) is 9.89 Å². The first-order valence-corrected chi connectivity index (χ1v) is 15.0. The molecule has 3 aromatic carbocycles. The fraction of sp³-hybridized carbons (Fsp3) is 0.355. The van der Waals surface area contributed by atoms with Crippen LogP contribution in [0.3, 0.4) is 0 Å². The fourth-order valence-electron chi connectivity index (χ4n) is 5.17. The van der Waals surface area contributed by atoms with Crippen molar-refractivity contribution < 1.29 is 14.3 Å². The van der Waals surface area contributed by atoms with Crippen LogP contribution < -0.4 is 9.47 Å². The molecule has 40 heavy (non-hydrogen) atoms. The smallest absolute Gasteiger partial charge is 0.326 e. The number of ether oxygens (including phenoxy) is 2. The maximum absolute atomic E-state index is 14.5. The number of carbonyl (C=O) groups is 1. The number of methoxy groups -OCH3 is 1. The van der Waals surface area contributed by atoms with Gasteiger partial charge in [0.25, 0.3) is 0 Å². The van der Waals surface area contributed by atoms with Crippen molar-refractivity contribution >= 4 is 43.7 Å². The summed E-state index contributed by atoms with van der Waals surface area (Å²) in [4.78, 5) is 25.9. The first kappa shape index (κ1) is 28.6. The Morgan fingerprint density at radius 2 is 1.50 bits per heavy atom. The topological polar surface area (TPSA) is 57.6 Å². The Hall–Kier alpha value is -2.88. The second kappa shape index (κ2) is 12.3. The molecule has 2 unspecified atom stereocenters. The van der Waals surface area contributed by atoms with Crippen LogP contribution in [-0.4, -0.2) is 73.0 Å². The standard InChI is InChI=1S/C31H34Br2N4O3/c1-20(2)40-27-19-25(39-4)13-14-26(27)30-34-28(21-5-9-23(32)10-6-21)29(22-7-11-24(33)12-8-22)37(30)31(38)36-17-15-35(3)16-18-36/h5-14,19-20,28-29H,15-18H2,1-4H3. The van der Waals surface area contributed by atoms with Crippen LogP contribution in [0.2, 0.25) is 0 Å². The molecule has 0 saturated carbocycles. The van der Waals surface area contributed by atoms with E-state index in [1.807, 2.05) is 66.1 Å². The Morgan fingerprint density at radius 1 is 0.900 bits per heavy atom. The maximum Gasteiger partial charge on any atom is 0.326 e. The fourth-order valence-corrected chi connectivity index (χ4v) is 5.70. The van der Waals surface area contributed by atoms with Gasteiger partial charge in [0.15, 0.2) is 0 Å². The van der Waals surface area contributed by atoms with Gasteiger partial charge in [0, 0.05) is 41.2 Å². The zero-order valence-electron chi connectivity index (χ0n) is 23.2. The molecule has 2 amide bonds. The van der Waals surface area contributed by atoms with E-state index in [1.54, 1.807) is 7.11 Å². The van der Waals surface area contributed by atoms with Gasteiger partial charge in [-0.2, -0.15) is 0 Å². The molecule has 5 rings (SSSR count). The number of hydrogen-bond donors (Lipinski definition) is 0. The van der Waals surface area contributed by atoms with Gasteiger partial charge >= 0.3 is 6.03 Å². The molecule has 1 saturated heterocycles. The van der Waals surface area contributed by atoms with Gasteiger partial charge in [-0.15, -0.1) is 0 Å². The van der Waals surface area contributed by atoms with E-state index in [2.05, 4.69) is 68.1 Å². The molecule has 0 N–H and O–H groups in total. The summed E-state index contributed by atoms with van der Waals surface area (Å²) in [6.45, 7) is 6.95. The van der Waals surface area contributed by atoms with Gasteiger partial charge in [0.2, 0.25) is 0 Å². The second-order valence-corrected chi connectivity index (χ2v) is 12.2. The van der Waals surface area contributed by atoms with Crippen molar-refractivity contribution in [2.24, 2.45) is 4.99 Å². The minimum absolute atomic E-state index is 0.0503. The monoisotopic (exact) mass is 668 g/mol. The number of piperazine rings is 1. The van der Waals surface area contributed by atoms with E-state index >= 15 is 0 Å². The van der Waals surface area contributed by atoms with Crippen molar-refractivity contribution in [1.82, 2.24) is 14.7 Å². The molecular weight excluding hydrogens is 636 g/mol. The number of hydrogen-bond acceptors (Lipinski definition) is 5. The van der Waals surface area contributed by atoms with Crippen LogP contribution in [0.15, 0.2) is 80.7 Å². The van der Waals surface area contributed by atoms with Gasteiger partial charge in [-0.1, -0.05) is 56.1 Å². The van der Waals surface area contributed by atoms with Crippen LogP contribution in [0, 0.1) is 0 Å². The number of aliphatic imine (C=N–C) groups is 1. The highest BCUT2D eigenvalue weighted by atomic mass is 79.9. The molecule has 2 atom stereocenters. The molecular formula is C31H34Br2N4O3. The van der Waals surface area contributed by atoms with E-state index < -0.39 is 0 Å². The van der Waals surface area contributed by atoms with Crippen molar-refractivity contribution in [3.8, 4) is 11.5 Å². The largest absolute Gasteiger partial charge is 0.497 e. The number of urea groups is 1. The third-order valence-corrected chi connectivity index (χ3v) is 8.32. The SMILES string of the molecule is COc1ccc(C2=NC(c3ccc(Br)cc3)C(c3ccc(Br)cc3)N2C(=O)N2CCN(C)CC2)c(OC(C)C)c1. The number of nitrogens with zero attached hydrogens (tertiary/aromatic N) is 4. The van der Waals surface area contributed by atoms with Crippen LogP contribution in [0.1, 0.15) is 42.6 Å². The molecule has 2 aliphatic rings. The molecule has 2 heterocycles. The average Bonchev–Trinajstić information content (AvgIpc) is 3.33. The van der Waals surface area contributed by atoms with Gasteiger partial charge < -0.3 is 19.3 Å². The predicted octanol–water partition coefficient (Wildman–Crippen LogP) is 6.92. The highest BCUT2D eigenvalue weighted by Crippen LogP contribution is 2.46. The van der Waals surface area contributed by atoms with E-state index in [9.17, 15) is 4.79 Å². The summed E-state index contributed by atoms with van der Waals surface area (Å²) in [5.74, 6) is 1.92. The summed E-state index contributed by atoms with van der Waals surface area (Å²) in [7, 11) is 3.73. The average molecular weight is 670 g/mol. The van der Waals surface area contributed by atoms with Gasteiger partial charge in [-0.05, 0) is 68.4 Å². The molecule has 210 valence electrons. The first-order chi connectivity index (χ1) is 19.2. The lowest BCUT2D eigenvalue weighted by atomic mass is 9.94. The first-order valence-electron chi connectivity index (χ1n) is 13.5. The van der Waals surface area contributed by atoms with E-state index in [4.69, 9.17) is 14.5 Å². The van der Waals surface area contributed by atoms with Gasteiger partial charge in [-0.25, -0.2) is 4.79 Å². The Kier molecular flexibility index (Phi) is 8.83. The number of amides is 2. The van der Waals surface area contributed by atoms with Crippen molar-refractivity contribution in [2.75, 3.05) is 40.3 Å². The van der Waals surface area contributed by atoms with Crippen molar-refractivity contribution in [2.45, 2.75) is 32.0 Å². The lowest BCUT2D eigenvalue weighted by Crippen LogP contribution is -2.53. The van der Waals surface area contributed by atoms with Crippen LogP contribution in [-0.2, 0) is 0 Å². The lowest BCUT2D eigenvalue weighted by molar-refractivity contribution is 0.130. The molecule has 0 bridgehead atoms. The predicted molar refractivity (Wildman–Crippen MR) is 165 cm³/mol. The third-order valence-electron chi connectivity index (χ3n) is 7.26. The van der Waals surface area contributed by atoms with Gasteiger partial charge in [0.1, 0.15) is 23.4 Å². The quantitative estimate of drug-likeness (QED) is 0.286. The van der Waals surface area contributed by atoms with E-state index in [0.717, 1.165) is 38.7 Å². The minimum Gasteiger partial charge on any atom is -0.497 e. The third kappa shape index (κ3) is 6.06.